The average Bonchev–Trinajstić information content (AvgIpc) is 2.25. The molecule has 4 heteroatoms. The molecule has 0 aliphatic carbocycles. The summed E-state index contributed by atoms with van der Waals surface area (Å²) in [6.45, 7) is 0.467. The zero-order chi connectivity index (χ0) is 11.1. The van der Waals surface area contributed by atoms with Gasteiger partial charge in [0.2, 0.25) is 0 Å². The van der Waals surface area contributed by atoms with E-state index >= 15 is 0 Å². The van der Waals surface area contributed by atoms with Crippen LogP contribution in [0.25, 0.3) is 0 Å². The van der Waals surface area contributed by atoms with Gasteiger partial charge >= 0.3 is 5.97 Å². The predicted molar refractivity (Wildman–Crippen MR) is 54.8 cm³/mol. The Morgan fingerprint density at radius 1 is 1.60 bits per heavy atom. The van der Waals surface area contributed by atoms with E-state index in [4.69, 9.17) is 16.3 Å². The summed E-state index contributed by atoms with van der Waals surface area (Å²) in [5.74, 6) is 1.93. The molecule has 0 atom stereocenters. The fourth-order valence-corrected chi connectivity index (χ4v) is 0.979. The maximum absolute atomic E-state index is 10.6. The van der Waals surface area contributed by atoms with Gasteiger partial charge in [-0.1, -0.05) is 0 Å². The third-order valence-corrected chi connectivity index (χ3v) is 1.69. The zero-order valence-electron chi connectivity index (χ0n) is 8.14. The van der Waals surface area contributed by atoms with Gasteiger partial charge in [-0.15, -0.1) is 12.3 Å². The Bertz CT molecular complexity index is 382. The fourth-order valence-electron chi connectivity index (χ4n) is 0.979. The highest BCUT2D eigenvalue weighted by Gasteiger charge is 2.04. The molecule has 0 saturated heterocycles. The Kier molecular flexibility index (Phi) is 4.17. The normalized spacial score (nSPS) is 9.27. The Labute approximate surface area is 87.9 Å². The molecule has 1 N–H and O–H groups in total. The first-order valence-corrected chi connectivity index (χ1v) is 4.48. The van der Waals surface area contributed by atoms with Gasteiger partial charge in [-0.2, -0.15) is 0 Å². The van der Waals surface area contributed by atoms with Gasteiger partial charge in [0.15, 0.2) is 0 Å². The largest absolute Gasteiger partial charge is 0.492 e. The summed E-state index contributed by atoms with van der Waals surface area (Å²) in [7, 11) is 0. The summed E-state index contributed by atoms with van der Waals surface area (Å²) in [4.78, 5) is 14.4. The van der Waals surface area contributed by atoms with E-state index in [1.807, 2.05) is 0 Å². The minimum Gasteiger partial charge on any atom is -0.492 e. The van der Waals surface area contributed by atoms with Crippen molar-refractivity contribution < 1.29 is 14.6 Å². The zero-order valence-corrected chi connectivity index (χ0v) is 8.14. The first kappa shape index (κ1) is 11.1. The van der Waals surface area contributed by atoms with Crippen LogP contribution in [0.15, 0.2) is 18.5 Å². The topological polar surface area (TPSA) is 59.4 Å². The second kappa shape index (κ2) is 5.66. The molecule has 1 aromatic rings. The number of carboxylic acids is 1. The number of ether oxygens (including phenoxy) is 1. The Morgan fingerprint density at radius 2 is 2.40 bits per heavy atom. The number of carboxylic acid groups (broad SMARTS) is 1. The molecule has 78 valence electrons. The minimum atomic E-state index is -1.02. The Balaban J connectivity index is 2.51. The number of pyridine rings is 1. The van der Waals surface area contributed by atoms with Gasteiger partial charge in [-0.25, -0.2) is 4.79 Å². The monoisotopic (exact) mass is 205 g/mol. The molecule has 0 fully saturated rings. The van der Waals surface area contributed by atoms with Crippen LogP contribution in [0, 0.1) is 12.3 Å². The van der Waals surface area contributed by atoms with Crippen LogP contribution in [0.4, 0.5) is 0 Å². The second-order valence-corrected chi connectivity index (χ2v) is 2.87. The highest BCUT2D eigenvalue weighted by atomic mass is 16.5. The summed E-state index contributed by atoms with van der Waals surface area (Å²) < 4.78 is 5.28. The third kappa shape index (κ3) is 3.69. The second-order valence-electron chi connectivity index (χ2n) is 2.87. The molecule has 0 aliphatic heterocycles. The number of hydrogen-bond acceptors (Lipinski definition) is 3. The van der Waals surface area contributed by atoms with Gasteiger partial charge in [0.25, 0.3) is 0 Å². The van der Waals surface area contributed by atoms with E-state index < -0.39 is 5.97 Å². The van der Waals surface area contributed by atoms with E-state index in [2.05, 4.69) is 10.9 Å². The van der Waals surface area contributed by atoms with Crippen LogP contribution in [0.1, 0.15) is 23.2 Å². The van der Waals surface area contributed by atoms with Crippen molar-refractivity contribution in [2.45, 2.75) is 12.8 Å². The van der Waals surface area contributed by atoms with E-state index in [0.717, 1.165) is 6.42 Å². The van der Waals surface area contributed by atoms with E-state index in [1.165, 1.54) is 18.5 Å². The molecule has 0 bridgehead atoms. The molecule has 15 heavy (non-hydrogen) atoms. The summed E-state index contributed by atoms with van der Waals surface area (Å²) in [5.41, 5.74) is 0.115. The van der Waals surface area contributed by atoms with Crippen molar-refractivity contribution >= 4 is 5.97 Å². The smallest absolute Gasteiger partial charge is 0.337 e. The maximum Gasteiger partial charge on any atom is 0.337 e. The number of aromatic nitrogens is 1. The lowest BCUT2D eigenvalue weighted by atomic mass is 10.3. The number of hydrogen-bond donors (Lipinski definition) is 1. The van der Waals surface area contributed by atoms with Crippen LogP contribution < -0.4 is 4.74 Å². The standard InChI is InChI=1S/C11H11NO3/c1-2-3-4-5-15-10-6-9(11(13)14)7-12-8-10/h1,6-8H,3-5H2,(H,13,14). The number of nitrogens with zero attached hydrogens (tertiary/aromatic N) is 1. The Morgan fingerprint density at radius 3 is 3.07 bits per heavy atom. The summed E-state index contributed by atoms with van der Waals surface area (Å²) >= 11 is 0. The van der Waals surface area contributed by atoms with Crippen molar-refractivity contribution in [2.24, 2.45) is 0 Å². The lowest BCUT2D eigenvalue weighted by molar-refractivity contribution is 0.0696. The van der Waals surface area contributed by atoms with Crippen molar-refractivity contribution in [2.75, 3.05) is 6.61 Å². The van der Waals surface area contributed by atoms with Crippen LogP contribution >= 0.6 is 0 Å². The number of unbranched alkanes of at least 4 members (excludes halogenated alkanes) is 1. The number of rotatable bonds is 5. The highest BCUT2D eigenvalue weighted by molar-refractivity contribution is 5.87. The molecule has 0 radical (unpaired) electrons. The van der Waals surface area contributed by atoms with Gasteiger partial charge in [0.1, 0.15) is 5.75 Å². The third-order valence-electron chi connectivity index (χ3n) is 1.69. The molecule has 0 saturated carbocycles. The van der Waals surface area contributed by atoms with Crippen LogP contribution in [0.3, 0.4) is 0 Å². The number of aromatic carboxylic acids is 1. The molecule has 0 aromatic carbocycles. The molecule has 1 heterocycles. The van der Waals surface area contributed by atoms with Crippen molar-refractivity contribution in [3.05, 3.63) is 24.0 Å². The van der Waals surface area contributed by atoms with Gasteiger partial charge in [0.05, 0.1) is 18.4 Å². The Hall–Kier alpha value is -2.02. The van der Waals surface area contributed by atoms with Gasteiger partial charge in [-0.3, -0.25) is 4.98 Å². The lowest BCUT2D eigenvalue weighted by Crippen LogP contribution is -2.01. The molecule has 1 aromatic heterocycles. The first-order valence-electron chi connectivity index (χ1n) is 4.48. The maximum atomic E-state index is 10.6. The highest BCUT2D eigenvalue weighted by Crippen LogP contribution is 2.11. The van der Waals surface area contributed by atoms with Crippen molar-refractivity contribution in [1.82, 2.24) is 4.98 Å². The predicted octanol–water partition coefficient (Wildman–Crippen LogP) is 1.57. The van der Waals surface area contributed by atoms with Crippen LogP contribution in [-0.4, -0.2) is 22.7 Å². The molecular formula is C11H11NO3. The molecular weight excluding hydrogens is 194 g/mol. The summed E-state index contributed by atoms with van der Waals surface area (Å²) in [5, 5.41) is 8.70. The number of terminal acetylenes is 1. The lowest BCUT2D eigenvalue weighted by Gasteiger charge is -2.04. The SMILES string of the molecule is C#CCCCOc1cncc(C(=O)O)c1. The van der Waals surface area contributed by atoms with E-state index in [9.17, 15) is 4.79 Å². The van der Waals surface area contributed by atoms with Crippen LogP contribution in [0.5, 0.6) is 5.75 Å². The molecule has 1 rings (SSSR count). The van der Waals surface area contributed by atoms with Crippen molar-refractivity contribution in [1.29, 1.82) is 0 Å². The minimum absolute atomic E-state index is 0.115. The van der Waals surface area contributed by atoms with Crippen molar-refractivity contribution in [3.63, 3.8) is 0 Å². The van der Waals surface area contributed by atoms with Crippen LogP contribution in [-0.2, 0) is 0 Å². The van der Waals surface area contributed by atoms with Crippen LogP contribution in [0.2, 0.25) is 0 Å². The molecule has 0 amide bonds. The first-order chi connectivity index (χ1) is 7.24. The van der Waals surface area contributed by atoms with E-state index in [-0.39, 0.29) is 5.56 Å². The molecule has 0 aliphatic rings. The molecule has 0 unspecified atom stereocenters. The molecule has 4 nitrogen and oxygen atoms in total. The van der Waals surface area contributed by atoms with E-state index in [1.54, 1.807) is 0 Å². The summed E-state index contributed by atoms with van der Waals surface area (Å²) in [6, 6.07) is 1.44. The number of carbonyl (C=O) groups is 1. The summed E-state index contributed by atoms with van der Waals surface area (Å²) in [6.07, 6.45) is 9.21. The van der Waals surface area contributed by atoms with Crippen molar-refractivity contribution in [3.8, 4) is 18.1 Å². The van der Waals surface area contributed by atoms with E-state index in [0.29, 0.717) is 18.8 Å². The van der Waals surface area contributed by atoms with Gasteiger partial charge in [0, 0.05) is 12.6 Å². The van der Waals surface area contributed by atoms with Gasteiger partial charge in [-0.05, 0) is 12.5 Å². The fraction of sp³-hybridized carbons (Fsp3) is 0.273. The van der Waals surface area contributed by atoms with Gasteiger partial charge < -0.3 is 9.84 Å². The molecule has 0 spiro atoms. The average molecular weight is 205 g/mol. The quantitative estimate of drug-likeness (QED) is 0.585.